The van der Waals surface area contributed by atoms with Crippen molar-refractivity contribution in [1.29, 1.82) is 5.26 Å². The van der Waals surface area contributed by atoms with E-state index in [1.165, 1.54) is 0 Å². The highest BCUT2D eigenvalue weighted by atomic mass is 15.5. The first-order valence-electron chi connectivity index (χ1n) is 5.09. The Morgan fingerprint density at radius 1 is 1.40 bits per heavy atom. The van der Waals surface area contributed by atoms with Gasteiger partial charge in [0.15, 0.2) is 0 Å². The number of anilines is 1. The fourth-order valence-corrected chi connectivity index (χ4v) is 1.63. The Kier molecular flexibility index (Phi) is 3.18. The van der Waals surface area contributed by atoms with Gasteiger partial charge in [0.1, 0.15) is 6.04 Å². The number of nitrogens with zero attached hydrogens (tertiary/aromatic N) is 2. The third kappa shape index (κ3) is 2.46. The van der Waals surface area contributed by atoms with E-state index in [0.29, 0.717) is 0 Å². The first-order valence-corrected chi connectivity index (χ1v) is 5.09. The third-order valence-corrected chi connectivity index (χ3v) is 2.44. The molecule has 1 fully saturated rings. The monoisotopic (exact) mass is 202 g/mol. The molecule has 2 rings (SSSR count). The van der Waals surface area contributed by atoms with Gasteiger partial charge in [0.05, 0.1) is 6.07 Å². The lowest BCUT2D eigenvalue weighted by Crippen LogP contribution is -2.52. The Labute approximate surface area is 89.5 Å². The van der Waals surface area contributed by atoms with Crippen LogP contribution in [-0.4, -0.2) is 30.7 Å². The van der Waals surface area contributed by atoms with Gasteiger partial charge in [0.2, 0.25) is 0 Å². The van der Waals surface area contributed by atoms with Crippen LogP contribution in [0.3, 0.4) is 0 Å². The number of para-hydroxylation sites is 1. The predicted molar refractivity (Wildman–Crippen MR) is 59.0 cm³/mol. The molecule has 1 atom stereocenters. The molecule has 4 nitrogen and oxygen atoms in total. The zero-order valence-electron chi connectivity index (χ0n) is 8.48. The summed E-state index contributed by atoms with van der Waals surface area (Å²) in [5.41, 5.74) is 4.28. The normalized spacial score (nSPS) is 21.9. The second-order valence-electron chi connectivity index (χ2n) is 3.52. The Hall–Kier alpha value is -1.57. The van der Waals surface area contributed by atoms with E-state index in [1.807, 2.05) is 35.3 Å². The first-order chi connectivity index (χ1) is 7.40. The number of rotatable bonds is 2. The highest BCUT2D eigenvalue weighted by Crippen LogP contribution is 2.09. The minimum atomic E-state index is -0.0982. The fraction of sp³-hybridized carbons (Fsp3) is 0.364. The van der Waals surface area contributed by atoms with Crippen LogP contribution >= 0.6 is 0 Å². The molecule has 1 heterocycles. The second kappa shape index (κ2) is 4.78. The lowest BCUT2D eigenvalue weighted by molar-refractivity contribution is 0.238. The lowest BCUT2D eigenvalue weighted by Gasteiger charge is -2.32. The SMILES string of the molecule is N#C[C@H]1CNCCN1Nc1ccccc1. The molecule has 1 aromatic carbocycles. The molecule has 0 aliphatic carbocycles. The van der Waals surface area contributed by atoms with Gasteiger partial charge in [-0.15, -0.1) is 0 Å². The summed E-state index contributed by atoms with van der Waals surface area (Å²) in [4.78, 5) is 0. The summed E-state index contributed by atoms with van der Waals surface area (Å²) < 4.78 is 0. The van der Waals surface area contributed by atoms with Gasteiger partial charge < -0.3 is 10.7 Å². The molecule has 0 aromatic heterocycles. The van der Waals surface area contributed by atoms with E-state index < -0.39 is 0 Å². The summed E-state index contributed by atoms with van der Waals surface area (Å²) in [6.45, 7) is 2.47. The maximum Gasteiger partial charge on any atom is 0.128 e. The number of nitrogens with one attached hydrogen (secondary N) is 2. The molecule has 0 bridgehead atoms. The van der Waals surface area contributed by atoms with Crippen molar-refractivity contribution in [3.63, 3.8) is 0 Å². The summed E-state index contributed by atoms with van der Waals surface area (Å²) in [5, 5.41) is 14.1. The maximum atomic E-state index is 8.97. The second-order valence-corrected chi connectivity index (χ2v) is 3.52. The third-order valence-electron chi connectivity index (χ3n) is 2.44. The van der Waals surface area contributed by atoms with Crippen molar-refractivity contribution in [2.45, 2.75) is 6.04 Å². The van der Waals surface area contributed by atoms with E-state index in [9.17, 15) is 0 Å². The Bertz CT molecular complexity index is 343. The van der Waals surface area contributed by atoms with Crippen molar-refractivity contribution in [1.82, 2.24) is 10.3 Å². The van der Waals surface area contributed by atoms with Crippen LogP contribution in [0.4, 0.5) is 5.69 Å². The van der Waals surface area contributed by atoms with Crippen molar-refractivity contribution in [2.75, 3.05) is 25.1 Å². The zero-order valence-corrected chi connectivity index (χ0v) is 8.48. The average molecular weight is 202 g/mol. The fourth-order valence-electron chi connectivity index (χ4n) is 1.63. The van der Waals surface area contributed by atoms with Gasteiger partial charge in [0.25, 0.3) is 0 Å². The molecular weight excluding hydrogens is 188 g/mol. The van der Waals surface area contributed by atoms with Gasteiger partial charge in [0, 0.05) is 25.3 Å². The van der Waals surface area contributed by atoms with Crippen LogP contribution in [-0.2, 0) is 0 Å². The Balaban J connectivity index is 2.01. The Morgan fingerprint density at radius 2 is 2.20 bits per heavy atom. The molecule has 1 aliphatic heterocycles. The van der Waals surface area contributed by atoms with Gasteiger partial charge in [-0.1, -0.05) is 18.2 Å². The quantitative estimate of drug-likeness (QED) is 0.745. The zero-order chi connectivity index (χ0) is 10.5. The van der Waals surface area contributed by atoms with Gasteiger partial charge in [-0.3, -0.25) is 0 Å². The molecule has 0 saturated carbocycles. The molecule has 1 aromatic rings. The molecule has 0 spiro atoms. The van der Waals surface area contributed by atoms with Crippen LogP contribution in [0.15, 0.2) is 30.3 Å². The molecule has 0 radical (unpaired) electrons. The average Bonchev–Trinajstić information content (AvgIpc) is 2.31. The smallest absolute Gasteiger partial charge is 0.128 e. The largest absolute Gasteiger partial charge is 0.318 e. The topological polar surface area (TPSA) is 51.1 Å². The molecule has 78 valence electrons. The molecule has 0 unspecified atom stereocenters. The molecular formula is C11H14N4. The van der Waals surface area contributed by atoms with E-state index in [1.54, 1.807) is 0 Å². The highest BCUT2D eigenvalue weighted by molar-refractivity contribution is 5.41. The summed E-state index contributed by atoms with van der Waals surface area (Å²) in [6.07, 6.45) is 0. The Morgan fingerprint density at radius 3 is 2.93 bits per heavy atom. The van der Waals surface area contributed by atoms with E-state index in [-0.39, 0.29) is 6.04 Å². The number of hydrogen-bond acceptors (Lipinski definition) is 4. The number of nitriles is 1. The van der Waals surface area contributed by atoms with Crippen molar-refractivity contribution < 1.29 is 0 Å². The molecule has 1 saturated heterocycles. The molecule has 2 N–H and O–H groups in total. The first kappa shape index (κ1) is 9.97. The van der Waals surface area contributed by atoms with Crippen LogP contribution in [0.5, 0.6) is 0 Å². The number of piperazine rings is 1. The van der Waals surface area contributed by atoms with Gasteiger partial charge in [-0.05, 0) is 12.1 Å². The maximum absolute atomic E-state index is 8.97. The standard InChI is InChI=1S/C11H14N4/c12-8-11-9-13-6-7-15(11)14-10-4-2-1-3-5-10/h1-5,11,13-14H,6-7,9H2/t11-/m0/s1. The number of benzene rings is 1. The molecule has 4 heteroatoms. The van der Waals surface area contributed by atoms with Crippen molar-refractivity contribution in [2.24, 2.45) is 0 Å². The highest BCUT2D eigenvalue weighted by Gasteiger charge is 2.21. The summed E-state index contributed by atoms with van der Waals surface area (Å²) >= 11 is 0. The van der Waals surface area contributed by atoms with Gasteiger partial charge >= 0.3 is 0 Å². The van der Waals surface area contributed by atoms with E-state index >= 15 is 0 Å². The van der Waals surface area contributed by atoms with Gasteiger partial charge in [-0.25, -0.2) is 5.01 Å². The van der Waals surface area contributed by atoms with E-state index in [0.717, 1.165) is 25.3 Å². The minimum Gasteiger partial charge on any atom is -0.318 e. The van der Waals surface area contributed by atoms with Crippen molar-refractivity contribution in [3.05, 3.63) is 30.3 Å². The van der Waals surface area contributed by atoms with Crippen molar-refractivity contribution in [3.8, 4) is 6.07 Å². The summed E-state index contributed by atoms with van der Waals surface area (Å²) in [6, 6.07) is 12.1. The van der Waals surface area contributed by atoms with Crippen LogP contribution in [0.25, 0.3) is 0 Å². The minimum absolute atomic E-state index is 0.0982. The molecule has 1 aliphatic rings. The van der Waals surface area contributed by atoms with Crippen LogP contribution in [0.2, 0.25) is 0 Å². The van der Waals surface area contributed by atoms with E-state index in [4.69, 9.17) is 5.26 Å². The van der Waals surface area contributed by atoms with Gasteiger partial charge in [-0.2, -0.15) is 5.26 Å². The van der Waals surface area contributed by atoms with Crippen LogP contribution in [0, 0.1) is 11.3 Å². The lowest BCUT2D eigenvalue weighted by atomic mass is 10.2. The number of hydrogen-bond donors (Lipinski definition) is 2. The van der Waals surface area contributed by atoms with Crippen molar-refractivity contribution >= 4 is 5.69 Å². The summed E-state index contributed by atoms with van der Waals surface area (Å²) in [5.74, 6) is 0. The summed E-state index contributed by atoms with van der Waals surface area (Å²) in [7, 11) is 0. The van der Waals surface area contributed by atoms with Crippen LogP contribution < -0.4 is 10.7 Å². The molecule has 15 heavy (non-hydrogen) atoms. The molecule has 0 amide bonds. The van der Waals surface area contributed by atoms with Crippen LogP contribution in [0.1, 0.15) is 0 Å². The predicted octanol–water partition coefficient (Wildman–Crippen LogP) is 0.811. The number of hydrazine groups is 1. The van der Waals surface area contributed by atoms with E-state index in [2.05, 4.69) is 16.8 Å².